The Bertz CT molecular complexity index is 575. The van der Waals surface area contributed by atoms with Crippen LogP contribution in [0.25, 0.3) is 22.1 Å². The Hall–Kier alpha value is -1.84. The van der Waals surface area contributed by atoms with Crippen LogP contribution in [0.2, 0.25) is 0 Å². The molecule has 3 aromatic rings. The van der Waals surface area contributed by atoms with E-state index in [2.05, 4.69) is 19.9 Å². The summed E-state index contributed by atoms with van der Waals surface area (Å²) in [5.74, 6) is 0.928. The largest absolute Gasteiger partial charge is 0.343 e. The number of H-pyrrole nitrogens is 2. The summed E-state index contributed by atoms with van der Waals surface area (Å²) in [6.45, 7) is 1.95. The van der Waals surface area contributed by atoms with Gasteiger partial charge in [0.25, 0.3) is 0 Å². The van der Waals surface area contributed by atoms with E-state index in [0.29, 0.717) is 0 Å². The molecule has 0 radical (unpaired) electrons. The van der Waals surface area contributed by atoms with Crippen LogP contribution >= 0.6 is 0 Å². The summed E-state index contributed by atoms with van der Waals surface area (Å²) in [7, 11) is 0. The first-order valence-corrected chi connectivity index (χ1v) is 4.13. The van der Waals surface area contributed by atoms with Crippen molar-refractivity contribution in [1.82, 2.24) is 19.9 Å². The van der Waals surface area contributed by atoms with Crippen molar-refractivity contribution >= 4 is 22.1 Å². The third-order valence-corrected chi connectivity index (χ3v) is 2.17. The summed E-state index contributed by atoms with van der Waals surface area (Å²) in [5, 5.41) is 0. The molecule has 3 rings (SSSR count). The summed E-state index contributed by atoms with van der Waals surface area (Å²) < 4.78 is 0. The Labute approximate surface area is 74.0 Å². The number of rotatable bonds is 0. The molecule has 0 spiro atoms. The smallest absolute Gasteiger partial charge is 0.104 e. The third kappa shape index (κ3) is 0.796. The number of hydrogen-bond donors (Lipinski definition) is 2. The molecule has 0 aliphatic rings. The zero-order valence-corrected chi connectivity index (χ0v) is 7.13. The van der Waals surface area contributed by atoms with Crippen LogP contribution in [0.5, 0.6) is 0 Å². The fourth-order valence-electron chi connectivity index (χ4n) is 1.61. The maximum Gasteiger partial charge on any atom is 0.104 e. The van der Waals surface area contributed by atoms with E-state index in [1.54, 1.807) is 6.33 Å². The van der Waals surface area contributed by atoms with Crippen LogP contribution in [-0.4, -0.2) is 19.9 Å². The van der Waals surface area contributed by atoms with E-state index >= 15 is 0 Å². The molecule has 0 bridgehead atoms. The number of aromatic nitrogens is 4. The van der Waals surface area contributed by atoms with E-state index in [4.69, 9.17) is 0 Å². The molecule has 4 heteroatoms. The Balaban J connectivity index is 2.64. The predicted molar refractivity (Wildman–Crippen MR) is 50.5 cm³/mol. The van der Waals surface area contributed by atoms with Gasteiger partial charge in [-0.3, -0.25) is 0 Å². The standard InChI is InChI=1S/C9H8N4/c1-5-12-7-3-2-6-8(9(7)13-5)11-4-10-6/h2-4H,1H3,(H,10,11)(H,12,13). The van der Waals surface area contributed by atoms with Gasteiger partial charge in [-0.15, -0.1) is 0 Å². The number of imidazole rings is 2. The van der Waals surface area contributed by atoms with Crippen molar-refractivity contribution in [2.45, 2.75) is 6.92 Å². The monoisotopic (exact) mass is 172 g/mol. The summed E-state index contributed by atoms with van der Waals surface area (Å²) in [4.78, 5) is 14.8. The van der Waals surface area contributed by atoms with Gasteiger partial charge in [-0.05, 0) is 19.1 Å². The zero-order valence-electron chi connectivity index (χ0n) is 7.13. The lowest BCUT2D eigenvalue weighted by atomic mass is 10.3. The molecule has 0 unspecified atom stereocenters. The van der Waals surface area contributed by atoms with Crippen molar-refractivity contribution in [1.29, 1.82) is 0 Å². The van der Waals surface area contributed by atoms with Gasteiger partial charge in [0.1, 0.15) is 5.82 Å². The first-order valence-electron chi connectivity index (χ1n) is 4.13. The molecule has 0 atom stereocenters. The van der Waals surface area contributed by atoms with Crippen LogP contribution in [0.3, 0.4) is 0 Å². The zero-order chi connectivity index (χ0) is 8.84. The lowest BCUT2D eigenvalue weighted by molar-refractivity contribution is 1.17. The fraction of sp³-hybridized carbons (Fsp3) is 0.111. The van der Waals surface area contributed by atoms with Crippen LogP contribution in [0.4, 0.5) is 0 Å². The van der Waals surface area contributed by atoms with Gasteiger partial charge in [0.15, 0.2) is 0 Å². The number of aryl methyl sites for hydroxylation is 1. The van der Waals surface area contributed by atoms with Crippen LogP contribution in [-0.2, 0) is 0 Å². The molecular formula is C9H8N4. The minimum Gasteiger partial charge on any atom is -0.343 e. The van der Waals surface area contributed by atoms with Gasteiger partial charge in [-0.1, -0.05) is 0 Å². The highest BCUT2D eigenvalue weighted by Gasteiger charge is 2.04. The molecule has 13 heavy (non-hydrogen) atoms. The van der Waals surface area contributed by atoms with Gasteiger partial charge in [-0.25, -0.2) is 9.97 Å². The number of aromatic amines is 2. The van der Waals surface area contributed by atoms with Gasteiger partial charge in [0.2, 0.25) is 0 Å². The second-order valence-electron chi connectivity index (χ2n) is 3.08. The molecule has 1 aromatic carbocycles. The molecule has 4 nitrogen and oxygen atoms in total. The lowest BCUT2D eigenvalue weighted by Gasteiger charge is -1.88. The van der Waals surface area contributed by atoms with E-state index < -0.39 is 0 Å². The molecule has 0 amide bonds. The number of fused-ring (bicyclic) bond motifs is 3. The quantitative estimate of drug-likeness (QED) is 0.542. The van der Waals surface area contributed by atoms with E-state index in [1.165, 1.54) is 0 Å². The van der Waals surface area contributed by atoms with Crippen molar-refractivity contribution in [3.63, 3.8) is 0 Å². The summed E-state index contributed by atoms with van der Waals surface area (Å²) >= 11 is 0. The maximum absolute atomic E-state index is 4.34. The lowest BCUT2D eigenvalue weighted by Crippen LogP contribution is -1.73. The van der Waals surface area contributed by atoms with E-state index in [9.17, 15) is 0 Å². The van der Waals surface area contributed by atoms with Crippen molar-refractivity contribution in [3.05, 3.63) is 24.3 Å². The second kappa shape index (κ2) is 2.10. The minimum atomic E-state index is 0.928. The van der Waals surface area contributed by atoms with E-state index in [1.807, 2.05) is 19.1 Å². The Morgan fingerprint density at radius 1 is 1.15 bits per heavy atom. The molecule has 0 aliphatic carbocycles. The number of hydrogen-bond acceptors (Lipinski definition) is 2. The number of nitrogens with zero attached hydrogens (tertiary/aromatic N) is 2. The van der Waals surface area contributed by atoms with Crippen LogP contribution in [0.15, 0.2) is 18.5 Å². The van der Waals surface area contributed by atoms with Gasteiger partial charge in [0.05, 0.1) is 28.4 Å². The Kier molecular flexibility index (Phi) is 1.07. The van der Waals surface area contributed by atoms with Gasteiger partial charge in [-0.2, -0.15) is 0 Å². The first kappa shape index (κ1) is 6.65. The topological polar surface area (TPSA) is 57.4 Å². The maximum atomic E-state index is 4.34. The average molecular weight is 172 g/mol. The average Bonchev–Trinajstić information content (AvgIpc) is 2.65. The molecule has 2 aromatic heterocycles. The third-order valence-electron chi connectivity index (χ3n) is 2.17. The summed E-state index contributed by atoms with van der Waals surface area (Å²) in [6, 6.07) is 3.94. The van der Waals surface area contributed by atoms with Crippen molar-refractivity contribution in [2.75, 3.05) is 0 Å². The highest BCUT2D eigenvalue weighted by atomic mass is 14.9. The van der Waals surface area contributed by atoms with Gasteiger partial charge >= 0.3 is 0 Å². The predicted octanol–water partition coefficient (Wildman–Crippen LogP) is 1.75. The molecule has 0 saturated carbocycles. The van der Waals surface area contributed by atoms with E-state index in [0.717, 1.165) is 27.9 Å². The first-order chi connectivity index (χ1) is 6.34. The van der Waals surface area contributed by atoms with Crippen LogP contribution in [0.1, 0.15) is 5.82 Å². The molecule has 64 valence electrons. The summed E-state index contributed by atoms with van der Waals surface area (Å²) in [5.41, 5.74) is 4.01. The van der Waals surface area contributed by atoms with Crippen molar-refractivity contribution in [3.8, 4) is 0 Å². The van der Waals surface area contributed by atoms with Crippen LogP contribution < -0.4 is 0 Å². The summed E-state index contributed by atoms with van der Waals surface area (Å²) in [6.07, 6.45) is 1.69. The number of benzene rings is 1. The van der Waals surface area contributed by atoms with E-state index in [-0.39, 0.29) is 0 Å². The molecule has 2 N–H and O–H groups in total. The van der Waals surface area contributed by atoms with Crippen molar-refractivity contribution < 1.29 is 0 Å². The molecule has 2 heterocycles. The highest BCUT2D eigenvalue weighted by Crippen LogP contribution is 2.19. The van der Waals surface area contributed by atoms with Gasteiger partial charge in [0, 0.05) is 0 Å². The molecule has 0 aliphatic heterocycles. The second-order valence-corrected chi connectivity index (χ2v) is 3.08. The van der Waals surface area contributed by atoms with Crippen LogP contribution in [0, 0.1) is 6.92 Å². The molecule has 0 fully saturated rings. The molecule has 0 saturated heterocycles. The Morgan fingerprint density at radius 2 is 2.00 bits per heavy atom. The normalized spacial score (nSPS) is 11.5. The van der Waals surface area contributed by atoms with Crippen molar-refractivity contribution in [2.24, 2.45) is 0 Å². The SMILES string of the molecule is Cc1nc2ccc3nc[nH]c3c2[nH]1. The fourth-order valence-corrected chi connectivity index (χ4v) is 1.61. The molecular weight excluding hydrogens is 164 g/mol. The minimum absolute atomic E-state index is 0.928. The highest BCUT2D eigenvalue weighted by molar-refractivity contribution is 5.99. The van der Waals surface area contributed by atoms with Gasteiger partial charge < -0.3 is 9.97 Å². The number of nitrogens with one attached hydrogen (secondary N) is 2. The Morgan fingerprint density at radius 3 is 2.92 bits per heavy atom.